The Hall–Kier alpha value is -2.20. The zero-order valence-electron chi connectivity index (χ0n) is 23.0. The fourth-order valence-electron chi connectivity index (χ4n) is 4.92. The number of rotatable bonds is 11. The molecule has 0 aromatic heterocycles. The Kier molecular flexibility index (Phi) is 14.1. The van der Waals surface area contributed by atoms with Gasteiger partial charge in [0.2, 0.25) is 5.91 Å². The Morgan fingerprint density at radius 1 is 1.00 bits per heavy atom. The van der Waals surface area contributed by atoms with Crippen LogP contribution in [0.15, 0.2) is 42.5 Å². The standard InChI is InChI=1S/C30H40N2O4S.Li/c1-21-10-8-9-13-24(21)26-20-22(15-17-28(33)31-23-11-6-4-3-5-7-12-23)14-16-25(26)29(34)32-27(30(35)36)18-19-37-2;/h8-10,13-14,16,20,23,27H,3-7,11-12,15,17-19H2,1-2H3,(H,31,33)(H,32,34)(H,35,36);/q;+1/p-1. The van der Waals surface area contributed by atoms with Crippen LogP contribution in [0.25, 0.3) is 11.1 Å². The number of thioether (sulfide) groups is 1. The molecule has 2 aromatic carbocycles. The number of carboxylic acids is 1. The third-order valence-electron chi connectivity index (χ3n) is 7.08. The first-order chi connectivity index (χ1) is 17.9. The van der Waals surface area contributed by atoms with Crippen LogP contribution in [0.1, 0.15) is 79.3 Å². The number of aliphatic carboxylic acids is 1. The number of carbonyl (C=O) groups excluding carboxylic acids is 3. The predicted octanol–water partition coefficient (Wildman–Crippen LogP) is 1.43. The van der Waals surface area contributed by atoms with Gasteiger partial charge in [-0.3, -0.25) is 9.59 Å². The van der Waals surface area contributed by atoms with Crippen molar-refractivity contribution in [1.82, 2.24) is 10.6 Å². The molecule has 3 rings (SSSR count). The smallest absolute Gasteiger partial charge is 0.548 e. The number of nitrogens with one attached hydrogen (secondary N) is 2. The molecule has 1 fully saturated rings. The minimum absolute atomic E-state index is 0. The van der Waals surface area contributed by atoms with Gasteiger partial charge in [0.1, 0.15) is 0 Å². The van der Waals surface area contributed by atoms with Crippen molar-refractivity contribution in [2.75, 3.05) is 12.0 Å². The molecule has 38 heavy (non-hydrogen) atoms. The second-order valence-electron chi connectivity index (χ2n) is 9.93. The zero-order chi connectivity index (χ0) is 26.6. The van der Waals surface area contributed by atoms with Gasteiger partial charge in [-0.2, -0.15) is 11.8 Å². The van der Waals surface area contributed by atoms with E-state index in [-0.39, 0.29) is 30.8 Å². The maximum atomic E-state index is 13.2. The number of benzene rings is 2. The van der Waals surface area contributed by atoms with Crippen molar-refractivity contribution in [3.63, 3.8) is 0 Å². The summed E-state index contributed by atoms with van der Waals surface area (Å²) < 4.78 is 0. The summed E-state index contributed by atoms with van der Waals surface area (Å²) in [5, 5.41) is 17.5. The van der Waals surface area contributed by atoms with Crippen LogP contribution in [0.2, 0.25) is 0 Å². The summed E-state index contributed by atoms with van der Waals surface area (Å²) in [5.41, 5.74) is 4.02. The Bertz CT molecular complexity index is 1070. The third kappa shape index (κ3) is 9.84. The van der Waals surface area contributed by atoms with Gasteiger partial charge in [-0.25, -0.2) is 0 Å². The molecule has 200 valence electrons. The second-order valence-corrected chi connectivity index (χ2v) is 10.9. The maximum Gasteiger partial charge on any atom is 1.00 e. The van der Waals surface area contributed by atoms with E-state index in [2.05, 4.69) is 10.6 Å². The average molecular weight is 531 g/mol. The predicted molar refractivity (Wildman–Crippen MR) is 148 cm³/mol. The minimum Gasteiger partial charge on any atom is -0.548 e. The van der Waals surface area contributed by atoms with Crippen molar-refractivity contribution in [1.29, 1.82) is 0 Å². The van der Waals surface area contributed by atoms with Crippen LogP contribution in [0.3, 0.4) is 0 Å². The Morgan fingerprint density at radius 3 is 2.34 bits per heavy atom. The fraction of sp³-hybridized carbons (Fsp3) is 0.500. The van der Waals surface area contributed by atoms with Gasteiger partial charge >= 0.3 is 18.9 Å². The van der Waals surface area contributed by atoms with Crippen LogP contribution < -0.4 is 34.6 Å². The van der Waals surface area contributed by atoms with Crippen LogP contribution in [0.5, 0.6) is 0 Å². The molecular weight excluding hydrogens is 491 g/mol. The molecule has 8 heteroatoms. The fourth-order valence-corrected chi connectivity index (χ4v) is 5.39. The van der Waals surface area contributed by atoms with Crippen LogP contribution in [-0.4, -0.2) is 41.9 Å². The van der Waals surface area contributed by atoms with Crippen molar-refractivity contribution < 1.29 is 38.4 Å². The summed E-state index contributed by atoms with van der Waals surface area (Å²) in [4.78, 5) is 37.5. The number of hydrogen-bond acceptors (Lipinski definition) is 5. The number of aryl methyl sites for hydroxylation is 2. The Morgan fingerprint density at radius 2 is 1.68 bits per heavy atom. The van der Waals surface area contributed by atoms with Gasteiger partial charge in [-0.15, -0.1) is 0 Å². The summed E-state index contributed by atoms with van der Waals surface area (Å²) in [6, 6.07) is 12.6. The van der Waals surface area contributed by atoms with E-state index in [4.69, 9.17) is 0 Å². The normalized spacial score (nSPS) is 14.9. The second kappa shape index (κ2) is 16.7. The summed E-state index contributed by atoms with van der Waals surface area (Å²) in [6.45, 7) is 1.98. The number of carboxylic acid groups (broad SMARTS) is 1. The molecule has 2 N–H and O–H groups in total. The molecule has 2 amide bonds. The summed E-state index contributed by atoms with van der Waals surface area (Å²) in [5.74, 6) is -1.06. The minimum atomic E-state index is -1.29. The van der Waals surface area contributed by atoms with Gasteiger partial charge < -0.3 is 20.5 Å². The SMILES string of the molecule is CSCCC(NC(=O)c1ccc(CCC(=O)NC2CCCCCCC2)cc1-c1ccccc1C)C(=O)[O-].[Li+]. The molecule has 0 heterocycles. The zero-order valence-corrected chi connectivity index (χ0v) is 23.8. The van der Waals surface area contributed by atoms with Gasteiger partial charge in [-0.1, -0.05) is 68.5 Å². The van der Waals surface area contributed by atoms with Crippen LogP contribution >= 0.6 is 11.8 Å². The largest absolute Gasteiger partial charge is 1.00 e. The molecule has 0 aliphatic heterocycles. The first-order valence-electron chi connectivity index (χ1n) is 13.4. The summed E-state index contributed by atoms with van der Waals surface area (Å²) >= 11 is 1.52. The summed E-state index contributed by atoms with van der Waals surface area (Å²) in [6.07, 6.45) is 11.4. The van der Waals surface area contributed by atoms with Crippen LogP contribution in [0.4, 0.5) is 0 Å². The molecule has 0 saturated heterocycles. The quantitative estimate of drug-likeness (QED) is 0.429. The van der Waals surface area contributed by atoms with Crippen molar-refractivity contribution in [3.05, 3.63) is 59.2 Å². The van der Waals surface area contributed by atoms with Gasteiger partial charge in [0, 0.05) is 18.0 Å². The number of amides is 2. The third-order valence-corrected chi connectivity index (χ3v) is 7.72. The number of hydrogen-bond donors (Lipinski definition) is 2. The van der Waals surface area contributed by atoms with E-state index < -0.39 is 17.9 Å². The molecule has 0 radical (unpaired) electrons. The molecule has 0 bridgehead atoms. The molecule has 6 nitrogen and oxygen atoms in total. The molecule has 1 unspecified atom stereocenters. The molecule has 0 spiro atoms. The molecule has 2 aromatic rings. The molecule has 1 aliphatic carbocycles. The Balaban J connectivity index is 0.00000507. The van der Waals surface area contributed by atoms with E-state index in [0.717, 1.165) is 35.1 Å². The first-order valence-corrected chi connectivity index (χ1v) is 14.8. The first kappa shape index (κ1) is 32.0. The molecular formula is C30H39LiN2O4S. The van der Waals surface area contributed by atoms with Gasteiger partial charge in [0.15, 0.2) is 0 Å². The maximum absolute atomic E-state index is 13.2. The number of carbonyl (C=O) groups is 3. The molecule has 1 aliphatic rings. The van der Waals surface area contributed by atoms with E-state index in [0.29, 0.717) is 30.6 Å². The van der Waals surface area contributed by atoms with E-state index in [1.54, 1.807) is 6.07 Å². The van der Waals surface area contributed by atoms with Crippen molar-refractivity contribution in [3.8, 4) is 11.1 Å². The monoisotopic (exact) mass is 530 g/mol. The Labute approximate surface area is 243 Å². The van der Waals surface area contributed by atoms with E-state index >= 15 is 0 Å². The van der Waals surface area contributed by atoms with Crippen LogP contribution in [0, 0.1) is 6.92 Å². The molecule has 1 saturated carbocycles. The van der Waals surface area contributed by atoms with E-state index in [1.807, 2.05) is 49.6 Å². The van der Waals surface area contributed by atoms with E-state index in [1.165, 1.54) is 43.9 Å². The van der Waals surface area contributed by atoms with Crippen molar-refractivity contribution >= 4 is 29.5 Å². The van der Waals surface area contributed by atoms with Gasteiger partial charge in [0.05, 0.1) is 12.0 Å². The van der Waals surface area contributed by atoms with Gasteiger partial charge in [0.25, 0.3) is 5.91 Å². The van der Waals surface area contributed by atoms with Crippen LogP contribution in [-0.2, 0) is 16.0 Å². The van der Waals surface area contributed by atoms with Crippen molar-refractivity contribution in [2.45, 2.75) is 83.2 Å². The van der Waals surface area contributed by atoms with E-state index in [9.17, 15) is 19.5 Å². The average Bonchev–Trinajstić information content (AvgIpc) is 2.86. The van der Waals surface area contributed by atoms with Crippen molar-refractivity contribution in [2.24, 2.45) is 0 Å². The topological polar surface area (TPSA) is 98.3 Å². The summed E-state index contributed by atoms with van der Waals surface area (Å²) in [7, 11) is 0. The molecule has 1 atom stereocenters. The van der Waals surface area contributed by atoms with Gasteiger partial charge in [-0.05, 0) is 72.9 Å².